The molecule has 0 aromatic rings. The summed E-state index contributed by atoms with van der Waals surface area (Å²) in [7, 11) is 0. The molecule has 0 aromatic heterocycles. The topological polar surface area (TPSA) is 101 Å². The van der Waals surface area contributed by atoms with Crippen LogP contribution < -0.4 is 5.73 Å². The summed E-state index contributed by atoms with van der Waals surface area (Å²) < 4.78 is 0. The van der Waals surface area contributed by atoms with Crippen molar-refractivity contribution in [1.82, 2.24) is 0 Å². The van der Waals surface area contributed by atoms with Gasteiger partial charge in [0.2, 0.25) is 0 Å². The summed E-state index contributed by atoms with van der Waals surface area (Å²) in [5.41, 5.74) is 4.84. The van der Waals surface area contributed by atoms with E-state index in [-0.39, 0.29) is 8.41 Å². The minimum Gasteiger partial charge on any atom is -0.481 e. The van der Waals surface area contributed by atoms with Gasteiger partial charge in [-0.15, -0.1) is 0 Å². The van der Waals surface area contributed by atoms with Gasteiger partial charge in [-0.05, 0) is 0 Å². The second kappa shape index (κ2) is 4.81. The lowest BCUT2D eigenvalue weighted by atomic mass is 10.2. The van der Waals surface area contributed by atoms with E-state index >= 15 is 0 Å². The summed E-state index contributed by atoms with van der Waals surface area (Å²) in [5, 5.41) is 16.0. The van der Waals surface area contributed by atoms with Crippen LogP contribution in [0.3, 0.4) is 0 Å². The van der Waals surface area contributed by atoms with Crippen LogP contribution in [0.2, 0.25) is 0 Å². The highest BCUT2D eigenvalue weighted by atomic mass is 16.4. The molecule has 10 heavy (non-hydrogen) atoms. The van der Waals surface area contributed by atoms with Gasteiger partial charge in [0.05, 0.1) is 6.42 Å². The molecule has 0 rings (SSSR count). The predicted molar refractivity (Wildman–Crippen MR) is 33.6 cm³/mol. The zero-order chi connectivity index (χ0) is 7.44. The monoisotopic (exact) mass is 144 g/mol. The van der Waals surface area contributed by atoms with Crippen molar-refractivity contribution in [3.05, 3.63) is 0 Å². The molecule has 0 amide bonds. The lowest BCUT2D eigenvalue weighted by molar-refractivity contribution is -0.144. The first-order chi connectivity index (χ1) is 4.04. The van der Waals surface area contributed by atoms with Gasteiger partial charge in [0.15, 0.2) is 0 Å². The first-order valence-electron chi connectivity index (χ1n) is 2.24. The molecule has 0 aliphatic rings. The fourth-order valence-electron chi connectivity index (χ4n) is 0.275. The van der Waals surface area contributed by atoms with E-state index in [2.05, 4.69) is 0 Å². The fraction of sp³-hybridized carbons (Fsp3) is 0.500. The van der Waals surface area contributed by atoms with Crippen LogP contribution in [0.25, 0.3) is 0 Å². The van der Waals surface area contributed by atoms with Crippen LogP contribution in [0.1, 0.15) is 6.42 Å². The molecule has 0 bridgehead atoms. The van der Waals surface area contributed by atoms with E-state index in [0.29, 0.717) is 0 Å². The highest BCUT2D eigenvalue weighted by Crippen LogP contribution is 1.86. The fourth-order valence-corrected chi connectivity index (χ4v) is 0.275. The minimum atomic E-state index is -1.29. The summed E-state index contributed by atoms with van der Waals surface area (Å²) in [4.78, 5) is 19.6. The third-order valence-corrected chi connectivity index (χ3v) is 0.712. The van der Waals surface area contributed by atoms with Crippen LogP contribution in [0.5, 0.6) is 0 Å². The number of carbonyl (C=O) groups is 2. The maximum atomic E-state index is 9.85. The molecular formula is C4H7BNO4. The molecule has 0 heterocycles. The lowest BCUT2D eigenvalue weighted by Gasteiger charge is -1.99. The van der Waals surface area contributed by atoms with E-state index in [9.17, 15) is 9.59 Å². The maximum Gasteiger partial charge on any atom is 0.321 e. The van der Waals surface area contributed by atoms with Crippen LogP contribution in [-0.4, -0.2) is 36.6 Å². The first kappa shape index (κ1) is 11.7. The molecule has 0 aliphatic heterocycles. The quantitative estimate of drug-likeness (QED) is 0.418. The molecule has 55 valence electrons. The van der Waals surface area contributed by atoms with Crippen molar-refractivity contribution in [3.63, 3.8) is 0 Å². The SMILES string of the molecule is NC(CC(=O)O)C(=O)O.[B]. The molecule has 0 fully saturated rings. The molecule has 0 spiro atoms. The smallest absolute Gasteiger partial charge is 0.321 e. The van der Waals surface area contributed by atoms with E-state index in [4.69, 9.17) is 15.9 Å². The van der Waals surface area contributed by atoms with Crippen molar-refractivity contribution < 1.29 is 19.8 Å². The van der Waals surface area contributed by atoms with Crippen molar-refractivity contribution >= 4 is 20.4 Å². The maximum absolute atomic E-state index is 9.85. The Hall–Kier alpha value is -1.04. The zero-order valence-electron chi connectivity index (χ0n) is 5.15. The van der Waals surface area contributed by atoms with E-state index in [1.807, 2.05) is 0 Å². The molecule has 1 unspecified atom stereocenters. The number of rotatable bonds is 3. The van der Waals surface area contributed by atoms with E-state index < -0.39 is 24.4 Å². The van der Waals surface area contributed by atoms with Gasteiger partial charge >= 0.3 is 11.9 Å². The Morgan fingerprint density at radius 3 is 1.90 bits per heavy atom. The van der Waals surface area contributed by atoms with Gasteiger partial charge in [-0.25, -0.2) is 0 Å². The Morgan fingerprint density at radius 2 is 1.80 bits per heavy atom. The molecule has 0 aliphatic carbocycles. The molecule has 1 atom stereocenters. The summed E-state index contributed by atoms with van der Waals surface area (Å²) in [6, 6.07) is -1.29. The van der Waals surface area contributed by atoms with E-state index in [1.165, 1.54) is 0 Å². The Balaban J connectivity index is 0. The average Bonchev–Trinajstić information content (AvgIpc) is 1.63. The van der Waals surface area contributed by atoms with Crippen LogP contribution >= 0.6 is 0 Å². The van der Waals surface area contributed by atoms with Crippen LogP contribution in [0.4, 0.5) is 0 Å². The molecule has 0 aromatic carbocycles. The second-order valence-corrected chi connectivity index (χ2v) is 1.54. The molecular weight excluding hydrogens is 137 g/mol. The predicted octanol–water partition coefficient (Wildman–Crippen LogP) is -1.51. The van der Waals surface area contributed by atoms with Gasteiger partial charge in [0, 0.05) is 8.41 Å². The number of hydrogen-bond donors (Lipinski definition) is 3. The highest BCUT2D eigenvalue weighted by Gasteiger charge is 2.14. The highest BCUT2D eigenvalue weighted by molar-refractivity contribution is 5.80. The zero-order valence-corrected chi connectivity index (χ0v) is 5.15. The Bertz CT molecular complexity index is 137. The molecule has 0 saturated heterocycles. The van der Waals surface area contributed by atoms with Crippen molar-refractivity contribution in [2.24, 2.45) is 5.73 Å². The largest absolute Gasteiger partial charge is 0.481 e. The molecule has 3 radical (unpaired) electrons. The average molecular weight is 144 g/mol. The third-order valence-electron chi connectivity index (χ3n) is 0.712. The molecule has 5 nitrogen and oxygen atoms in total. The standard InChI is InChI=1S/C4H7NO4.B/c5-2(4(8)9)1-3(6)7;/h2H,1,5H2,(H,6,7)(H,8,9);. The van der Waals surface area contributed by atoms with Crippen LogP contribution in [0.15, 0.2) is 0 Å². The van der Waals surface area contributed by atoms with Crippen molar-refractivity contribution in [3.8, 4) is 0 Å². The summed E-state index contributed by atoms with van der Waals surface area (Å²) in [6.07, 6.45) is -0.532. The summed E-state index contributed by atoms with van der Waals surface area (Å²) in [5.74, 6) is -2.50. The number of carboxylic acid groups (broad SMARTS) is 2. The number of hydrogen-bond acceptors (Lipinski definition) is 3. The van der Waals surface area contributed by atoms with Crippen molar-refractivity contribution in [2.45, 2.75) is 12.5 Å². The van der Waals surface area contributed by atoms with E-state index in [0.717, 1.165) is 0 Å². The van der Waals surface area contributed by atoms with Crippen LogP contribution in [0, 0.1) is 0 Å². The second-order valence-electron chi connectivity index (χ2n) is 1.54. The minimum absolute atomic E-state index is 0. The lowest BCUT2D eigenvalue weighted by Crippen LogP contribution is -2.32. The number of aliphatic carboxylic acids is 2. The number of nitrogens with two attached hydrogens (primary N) is 1. The van der Waals surface area contributed by atoms with Gasteiger partial charge in [0.25, 0.3) is 0 Å². The summed E-state index contributed by atoms with van der Waals surface area (Å²) >= 11 is 0. The van der Waals surface area contributed by atoms with E-state index in [1.54, 1.807) is 0 Å². The molecule has 0 saturated carbocycles. The van der Waals surface area contributed by atoms with Gasteiger partial charge in [0.1, 0.15) is 6.04 Å². The van der Waals surface area contributed by atoms with Crippen LogP contribution in [-0.2, 0) is 9.59 Å². The third kappa shape index (κ3) is 5.11. The Kier molecular flexibility index (Phi) is 5.64. The normalized spacial score (nSPS) is 11.3. The van der Waals surface area contributed by atoms with Gasteiger partial charge in [-0.2, -0.15) is 0 Å². The van der Waals surface area contributed by atoms with Crippen molar-refractivity contribution in [1.29, 1.82) is 0 Å². The first-order valence-corrected chi connectivity index (χ1v) is 2.24. The van der Waals surface area contributed by atoms with Gasteiger partial charge in [-0.1, -0.05) is 0 Å². The number of carboxylic acids is 2. The Labute approximate surface area is 59.4 Å². The Morgan fingerprint density at radius 1 is 1.40 bits per heavy atom. The van der Waals surface area contributed by atoms with Gasteiger partial charge < -0.3 is 15.9 Å². The van der Waals surface area contributed by atoms with Crippen molar-refractivity contribution in [2.75, 3.05) is 0 Å². The summed E-state index contributed by atoms with van der Waals surface area (Å²) in [6.45, 7) is 0. The van der Waals surface area contributed by atoms with Gasteiger partial charge in [-0.3, -0.25) is 9.59 Å². The molecule has 4 N–H and O–H groups in total. The molecule has 6 heteroatoms.